The Balaban J connectivity index is 2.56. The van der Waals surface area contributed by atoms with Crippen molar-refractivity contribution < 1.29 is 19.8 Å². The smallest absolute Gasteiger partial charge is 0.329 e. The van der Waals surface area contributed by atoms with Gasteiger partial charge in [-0.05, 0) is 19.3 Å². The molecule has 3 N–H and O–H groups in total. The molecular formula is C11H19NO4. The number of hydrogen-bond acceptors (Lipinski definition) is 3. The Hall–Kier alpha value is -1.10. The molecule has 0 aromatic rings. The van der Waals surface area contributed by atoms with Crippen LogP contribution in [0.4, 0.5) is 0 Å². The van der Waals surface area contributed by atoms with Crippen LogP contribution in [0.2, 0.25) is 0 Å². The summed E-state index contributed by atoms with van der Waals surface area (Å²) in [4.78, 5) is 22.7. The summed E-state index contributed by atoms with van der Waals surface area (Å²) in [5.74, 6) is -1.22. The van der Waals surface area contributed by atoms with Crippen LogP contribution in [0.5, 0.6) is 0 Å². The van der Waals surface area contributed by atoms with E-state index in [9.17, 15) is 14.7 Å². The highest BCUT2D eigenvalue weighted by atomic mass is 16.4. The maximum atomic E-state index is 11.5. The van der Waals surface area contributed by atoms with Crippen LogP contribution in [-0.4, -0.2) is 34.2 Å². The number of nitrogens with one attached hydrogen (secondary N) is 1. The average Bonchev–Trinajstić information content (AvgIpc) is 2.27. The molecule has 1 aliphatic rings. The first-order valence-electron chi connectivity index (χ1n) is 5.76. The van der Waals surface area contributed by atoms with Gasteiger partial charge >= 0.3 is 5.97 Å². The van der Waals surface area contributed by atoms with Gasteiger partial charge < -0.3 is 15.5 Å². The van der Waals surface area contributed by atoms with E-state index in [4.69, 9.17) is 5.11 Å². The number of carboxylic acid groups (broad SMARTS) is 1. The summed E-state index contributed by atoms with van der Waals surface area (Å²) in [5.41, 5.74) is -1.06. The number of aliphatic hydroxyl groups excluding tert-OH is 1. The van der Waals surface area contributed by atoms with Crippen molar-refractivity contribution in [3.05, 3.63) is 0 Å². The molecule has 0 aliphatic heterocycles. The van der Waals surface area contributed by atoms with Crippen molar-refractivity contribution in [2.75, 3.05) is 6.61 Å². The van der Waals surface area contributed by atoms with Gasteiger partial charge in [0.15, 0.2) is 0 Å². The number of rotatable bonds is 5. The number of amides is 1. The Labute approximate surface area is 94.8 Å². The Bertz CT molecular complexity index is 259. The topological polar surface area (TPSA) is 86.6 Å². The molecule has 1 rings (SSSR count). The summed E-state index contributed by atoms with van der Waals surface area (Å²) in [6.45, 7) is -0.0481. The van der Waals surface area contributed by atoms with Gasteiger partial charge in [-0.25, -0.2) is 4.79 Å². The second kappa shape index (κ2) is 5.84. The lowest BCUT2D eigenvalue weighted by atomic mass is 9.81. The SMILES string of the molecule is O=C(CCCO)NC1(C(=O)O)CCCCC1. The molecule has 0 aromatic carbocycles. The second-order valence-electron chi connectivity index (χ2n) is 4.32. The van der Waals surface area contributed by atoms with Crippen molar-refractivity contribution in [2.45, 2.75) is 50.5 Å². The fourth-order valence-electron chi connectivity index (χ4n) is 2.12. The highest BCUT2D eigenvalue weighted by Crippen LogP contribution is 2.28. The Morgan fingerprint density at radius 2 is 1.81 bits per heavy atom. The largest absolute Gasteiger partial charge is 0.480 e. The lowest BCUT2D eigenvalue weighted by Gasteiger charge is -2.33. The molecule has 1 fully saturated rings. The van der Waals surface area contributed by atoms with Gasteiger partial charge in [0.2, 0.25) is 5.91 Å². The number of carbonyl (C=O) groups is 2. The third-order valence-electron chi connectivity index (χ3n) is 3.06. The first-order chi connectivity index (χ1) is 7.60. The third-order valence-corrected chi connectivity index (χ3v) is 3.06. The number of carbonyl (C=O) groups excluding carboxylic acids is 1. The minimum absolute atomic E-state index is 0.0481. The molecule has 92 valence electrons. The van der Waals surface area contributed by atoms with Gasteiger partial charge in [-0.2, -0.15) is 0 Å². The monoisotopic (exact) mass is 229 g/mol. The van der Waals surface area contributed by atoms with Crippen LogP contribution in [0.1, 0.15) is 44.9 Å². The van der Waals surface area contributed by atoms with E-state index in [-0.39, 0.29) is 18.9 Å². The van der Waals surface area contributed by atoms with Crippen LogP contribution < -0.4 is 5.32 Å². The van der Waals surface area contributed by atoms with E-state index in [0.717, 1.165) is 19.3 Å². The molecule has 0 heterocycles. The molecule has 0 aromatic heterocycles. The van der Waals surface area contributed by atoms with Gasteiger partial charge in [0.05, 0.1) is 0 Å². The highest BCUT2D eigenvalue weighted by molar-refractivity contribution is 5.87. The third kappa shape index (κ3) is 3.20. The number of hydrogen-bond donors (Lipinski definition) is 3. The lowest BCUT2D eigenvalue weighted by molar-refractivity contribution is -0.149. The molecule has 5 heteroatoms. The first kappa shape index (κ1) is 13.0. The van der Waals surface area contributed by atoms with E-state index in [1.807, 2.05) is 0 Å². The van der Waals surface area contributed by atoms with Gasteiger partial charge in [0.25, 0.3) is 0 Å². The molecule has 0 radical (unpaired) electrons. The van der Waals surface area contributed by atoms with E-state index < -0.39 is 11.5 Å². The maximum Gasteiger partial charge on any atom is 0.329 e. The summed E-state index contributed by atoms with van der Waals surface area (Å²) in [6.07, 6.45) is 4.29. The Morgan fingerprint density at radius 3 is 2.31 bits per heavy atom. The van der Waals surface area contributed by atoms with E-state index in [0.29, 0.717) is 19.3 Å². The Kier molecular flexibility index (Phi) is 4.73. The van der Waals surface area contributed by atoms with Crippen molar-refractivity contribution in [3.63, 3.8) is 0 Å². The summed E-state index contributed by atoms with van der Waals surface area (Å²) >= 11 is 0. The number of aliphatic carboxylic acids is 1. The van der Waals surface area contributed by atoms with E-state index in [1.54, 1.807) is 0 Å². The zero-order valence-electron chi connectivity index (χ0n) is 9.37. The summed E-state index contributed by atoms with van der Waals surface area (Å²) in [7, 11) is 0. The quantitative estimate of drug-likeness (QED) is 0.646. The maximum absolute atomic E-state index is 11.5. The lowest BCUT2D eigenvalue weighted by Crippen LogP contribution is -2.55. The molecule has 0 atom stereocenters. The van der Waals surface area contributed by atoms with Crippen LogP contribution >= 0.6 is 0 Å². The van der Waals surface area contributed by atoms with Crippen LogP contribution in [-0.2, 0) is 9.59 Å². The van der Waals surface area contributed by atoms with Gasteiger partial charge in [-0.1, -0.05) is 19.3 Å². The van der Waals surface area contributed by atoms with Crippen LogP contribution in [0.25, 0.3) is 0 Å². The molecule has 0 saturated heterocycles. The minimum atomic E-state index is -1.06. The van der Waals surface area contributed by atoms with Crippen molar-refractivity contribution in [2.24, 2.45) is 0 Å². The predicted molar refractivity (Wildman–Crippen MR) is 57.9 cm³/mol. The molecule has 0 spiro atoms. The van der Waals surface area contributed by atoms with Crippen molar-refractivity contribution >= 4 is 11.9 Å². The number of carboxylic acids is 1. The van der Waals surface area contributed by atoms with Gasteiger partial charge in [0.1, 0.15) is 5.54 Å². The predicted octanol–water partition coefficient (Wildman–Crippen LogP) is 0.663. The average molecular weight is 229 g/mol. The zero-order valence-corrected chi connectivity index (χ0v) is 9.37. The second-order valence-corrected chi connectivity index (χ2v) is 4.32. The van der Waals surface area contributed by atoms with Gasteiger partial charge in [-0.3, -0.25) is 4.79 Å². The highest BCUT2D eigenvalue weighted by Gasteiger charge is 2.40. The molecular weight excluding hydrogens is 210 g/mol. The molecule has 16 heavy (non-hydrogen) atoms. The fraction of sp³-hybridized carbons (Fsp3) is 0.818. The standard InChI is InChI=1S/C11H19NO4/c13-8-4-5-9(14)12-11(10(15)16)6-2-1-3-7-11/h13H,1-8H2,(H,12,14)(H,15,16). The van der Waals surface area contributed by atoms with Crippen molar-refractivity contribution in [3.8, 4) is 0 Å². The summed E-state index contributed by atoms with van der Waals surface area (Å²) < 4.78 is 0. The Morgan fingerprint density at radius 1 is 1.19 bits per heavy atom. The van der Waals surface area contributed by atoms with E-state index in [1.165, 1.54) is 0 Å². The summed E-state index contributed by atoms with van der Waals surface area (Å²) in [6, 6.07) is 0. The minimum Gasteiger partial charge on any atom is -0.480 e. The van der Waals surface area contributed by atoms with Crippen molar-refractivity contribution in [1.29, 1.82) is 0 Å². The van der Waals surface area contributed by atoms with Crippen LogP contribution in [0.3, 0.4) is 0 Å². The zero-order chi connectivity index (χ0) is 12.0. The fourth-order valence-corrected chi connectivity index (χ4v) is 2.12. The molecule has 0 unspecified atom stereocenters. The summed E-state index contributed by atoms with van der Waals surface area (Å²) in [5, 5.41) is 20.4. The van der Waals surface area contributed by atoms with Crippen LogP contribution in [0, 0.1) is 0 Å². The van der Waals surface area contributed by atoms with E-state index in [2.05, 4.69) is 5.32 Å². The molecule has 1 amide bonds. The first-order valence-corrected chi connectivity index (χ1v) is 5.76. The molecule has 5 nitrogen and oxygen atoms in total. The van der Waals surface area contributed by atoms with Crippen molar-refractivity contribution in [1.82, 2.24) is 5.32 Å². The normalized spacial score (nSPS) is 19.1. The molecule has 0 bridgehead atoms. The van der Waals surface area contributed by atoms with E-state index >= 15 is 0 Å². The van der Waals surface area contributed by atoms with Crippen LogP contribution in [0.15, 0.2) is 0 Å². The number of aliphatic hydroxyl groups is 1. The van der Waals surface area contributed by atoms with Gasteiger partial charge in [-0.15, -0.1) is 0 Å². The van der Waals surface area contributed by atoms with Gasteiger partial charge in [0, 0.05) is 13.0 Å². The molecule has 1 saturated carbocycles. The molecule has 1 aliphatic carbocycles.